The van der Waals surface area contributed by atoms with Crippen LogP contribution in [0.5, 0.6) is 0 Å². The van der Waals surface area contributed by atoms with E-state index in [0.717, 1.165) is 29.1 Å². The number of hydrogen-bond acceptors (Lipinski definition) is 4. The Balaban J connectivity index is 1.62. The third-order valence-electron chi connectivity index (χ3n) is 4.91. The van der Waals surface area contributed by atoms with Crippen LogP contribution in [-0.2, 0) is 11.2 Å². The molecule has 1 aromatic carbocycles. The average molecular weight is 372 g/mol. The molecule has 1 fully saturated rings. The molecule has 3 rings (SSSR count). The predicted octanol–water partition coefficient (Wildman–Crippen LogP) is 3.78. The number of rotatable bonds is 7. The fraction of sp³-hybridized carbons (Fsp3) is 0.450. The van der Waals surface area contributed by atoms with Crippen molar-refractivity contribution in [3.05, 3.63) is 51.5 Å². The Kier molecular flexibility index (Phi) is 6.04. The van der Waals surface area contributed by atoms with Gasteiger partial charge in [-0.3, -0.25) is 9.59 Å². The summed E-state index contributed by atoms with van der Waals surface area (Å²) in [7, 11) is 0. The quantitative estimate of drug-likeness (QED) is 0.775. The van der Waals surface area contributed by atoms with E-state index in [0.29, 0.717) is 17.2 Å². The maximum absolute atomic E-state index is 12.5. The first kappa shape index (κ1) is 18.6. The SMILES string of the molecule is Cc1nc(C2CCCC2)sc1C(=O)NCC(Cc1ccccc1)C(=O)O. The van der Waals surface area contributed by atoms with Gasteiger partial charge < -0.3 is 10.4 Å². The number of nitrogens with one attached hydrogen (secondary N) is 1. The van der Waals surface area contributed by atoms with Crippen LogP contribution in [0.2, 0.25) is 0 Å². The second-order valence-corrected chi connectivity index (χ2v) is 7.91. The largest absolute Gasteiger partial charge is 0.481 e. The molecule has 138 valence electrons. The second kappa shape index (κ2) is 8.45. The number of benzene rings is 1. The van der Waals surface area contributed by atoms with E-state index in [2.05, 4.69) is 10.3 Å². The van der Waals surface area contributed by atoms with Crippen LogP contribution in [0.4, 0.5) is 0 Å². The highest BCUT2D eigenvalue weighted by atomic mass is 32.1. The molecule has 2 N–H and O–H groups in total. The lowest BCUT2D eigenvalue weighted by molar-refractivity contribution is -0.141. The predicted molar refractivity (Wildman–Crippen MR) is 102 cm³/mol. The number of aryl methyl sites for hydroxylation is 1. The number of carbonyl (C=O) groups excluding carboxylic acids is 1. The number of aromatic nitrogens is 1. The Morgan fingerprint density at radius 1 is 1.27 bits per heavy atom. The van der Waals surface area contributed by atoms with Crippen LogP contribution in [0.15, 0.2) is 30.3 Å². The summed E-state index contributed by atoms with van der Waals surface area (Å²) in [6.45, 7) is 1.96. The minimum Gasteiger partial charge on any atom is -0.481 e. The van der Waals surface area contributed by atoms with E-state index in [1.54, 1.807) is 0 Å². The van der Waals surface area contributed by atoms with Gasteiger partial charge in [-0.15, -0.1) is 11.3 Å². The first-order valence-electron chi connectivity index (χ1n) is 9.07. The van der Waals surface area contributed by atoms with E-state index in [1.807, 2.05) is 37.3 Å². The van der Waals surface area contributed by atoms with Gasteiger partial charge in [0.25, 0.3) is 5.91 Å². The Morgan fingerprint density at radius 3 is 2.62 bits per heavy atom. The lowest BCUT2D eigenvalue weighted by Crippen LogP contribution is -2.34. The standard InChI is InChI=1S/C20H24N2O3S/c1-13-17(26-19(22-13)15-9-5-6-10-15)18(23)21-12-16(20(24)25)11-14-7-3-2-4-8-14/h2-4,7-8,15-16H,5-6,9-12H2,1H3,(H,21,23)(H,24,25). The maximum atomic E-state index is 12.5. The van der Waals surface area contributed by atoms with Crippen molar-refractivity contribution in [1.82, 2.24) is 10.3 Å². The molecule has 1 saturated carbocycles. The zero-order chi connectivity index (χ0) is 18.5. The van der Waals surface area contributed by atoms with Crippen LogP contribution in [0, 0.1) is 12.8 Å². The van der Waals surface area contributed by atoms with Crippen LogP contribution < -0.4 is 5.32 Å². The average Bonchev–Trinajstić information content (AvgIpc) is 3.28. The highest BCUT2D eigenvalue weighted by Crippen LogP contribution is 2.37. The lowest BCUT2D eigenvalue weighted by Gasteiger charge is -2.13. The topological polar surface area (TPSA) is 79.3 Å². The van der Waals surface area contributed by atoms with E-state index in [9.17, 15) is 14.7 Å². The van der Waals surface area contributed by atoms with Crippen molar-refractivity contribution in [3.63, 3.8) is 0 Å². The van der Waals surface area contributed by atoms with Crippen molar-refractivity contribution >= 4 is 23.2 Å². The Labute approximate surface area is 157 Å². The van der Waals surface area contributed by atoms with Crippen LogP contribution >= 0.6 is 11.3 Å². The van der Waals surface area contributed by atoms with E-state index >= 15 is 0 Å². The molecule has 5 nitrogen and oxygen atoms in total. The smallest absolute Gasteiger partial charge is 0.308 e. The molecule has 0 radical (unpaired) electrons. The molecule has 1 atom stereocenters. The summed E-state index contributed by atoms with van der Waals surface area (Å²) in [5, 5.41) is 13.3. The summed E-state index contributed by atoms with van der Waals surface area (Å²) in [6, 6.07) is 9.48. The van der Waals surface area contributed by atoms with E-state index in [1.165, 1.54) is 24.2 Å². The van der Waals surface area contributed by atoms with Crippen molar-refractivity contribution < 1.29 is 14.7 Å². The number of carboxylic acids is 1. The van der Waals surface area contributed by atoms with Crippen LogP contribution in [0.3, 0.4) is 0 Å². The summed E-state index contributed by atoms with van der Waals surface area (Å²) in [5.41, 5.74) is 1.69. The van der Waals surface area contributed by atoms with Gasteiger partial charge >= 0.3 is 5.97 Å². The Morgan fingerprint density at radius 2 is 1.96 bits per heavy atom. The zero-order valence-electron chi connectivity index (χ0n) is 14.9. The van der Waals surface area contributed by atoms with Gasteiger partial charge in [0, 0.05) is 12.5 Å². The van der Waals surface area contributed by atoms with E-state index in [-0.39, 0.29) is 12.5 Å². The van der Waals surface area contributed by atoms with Gasteiger partial charge in [0.2, 0.25) is 0 Å². The molecule has 0 aliphatic heterocycles. The highest BCUT2D eigenvalue weighted by molar-refractivity contribution is 7.13. The third kappa shape index (κ3) is 4.49. The molecule has 6 heteroatoms. The van der Waals surface area contributed by atoms with Crippen LogP contribution in [-0.4, -0.2) is 28.5 Å². The molecule has 0 bridgehead atoms. The van der Waals surface area contributed by atoms with Gasteiger partial charge in [-0.2, -0.15) is 0 Å². The van der Waals surface area contributed by atoms with Crippen molar-refractivity contribution in [2.45, 2.75) is 44.9 Å². The number of aliphatic carboxylic acids is 1. The minimum absolute atomic E-state index is 0.110. The van der Waals surface area contributed by atoms with Crippen LogP contribution in [0.25, 0.3) is 0 Å². The van der Waals surface area contributed by atoms with Gasteiger partial charge in [-0.05, 0) is 31.7 Å². The summed E-state index contributed by atoms with van der Waals surface area (Å²) >= 11 is 1.46. The van der Waals surface area contributed by atoms with E-state index < -0.39 is 11.9 Å². The fourth-order valence-corrected chi connectivity index (χ4v) is 4.57. The van der Waals surface area contributed by atoms with E-state index in [4.69, 9.17) is 0 Å². The lowest BCUT2D eigenvalue weighted by atomic mass is 9.99. The molecule has 1 aromatic heterocycles. The summed E-state index contributed by atoms with van der Waals surface area (Å²) in [5.74, 6) is -1.29. The summed E-state index contributed by atoms with van der Waals surface area (Å²) in [4.78, 5) is 29.3. The number of carbonyl (C=O) groups is 2. The number of carboxylic acid groups (broad SMARTS) is 1. The zero-order valence-corrected chi connectivity index (χ0v) is 15.7. The fourth-order valence-electron chi connectivity index (χ4n) is 3.42. The molecule has 1 unspecified atom stereocenters. The second-order valence-electron chi connectivity index (χ2n) is 6.88. The first-order chi connectivity index (χ1) is 12.5. The Hall–Kier alpha value is -2.21. The van der Waals surface area contributed by atoms with Gasteiger partial charge in [0.15, 0.2) is 0 Å². The summed E-state index contributed by atoms with van der Waals surface area (Å²) < 4.78 is 0. The van der Waals surface area contributed by atoms with Crippen molar-refractivity contribution in [1.29, 1.82) is 0 Å². The molecule has 2 aromatic rings. The van der Waals surface area contributed by atoms with Crippen LogP contribution in [0.1, 0.15) is 57.5 Å². The van der Waals surface area contributed by atoms with Crippen molar-refractivity contribution in [3.8, 4) is 0 Å². The van der Waals surface area contributed by atoms with Gasteiger partial charge in [0.1, 0.15) is 4.88 Å². The molecule has 1 aliphatic carbocycles. The molecule has 1 heterocycles. The summed E-state index contributed by atoms with van der Waals surface area (Å²) in [6.07, 6.45) is 5.14. The number of nitrogens with zero attached hydrogens (tertiary/aromatic N) is 1. The molecule has 26 heavy (non-hydrogen) atoms. The number of thiazole rings is 1. The number of amides is 1. The normalized spacial score (nSPS) is 15.7. The van der Waals surface area contributed by atoms with Gasteiger partial charge in [-0.25, -0.2) is 4.98 Å². The monoisotopic (exact) mass is 372 g/mol. The van der Waals surface area contributed by atoms with Gasteiger partial charge in [0.05, 0.1) is 16.6 Å². The molecule has 1 amide bonds. The molecular formula is C20H24N2O3S. The first-order valence-corrected chi connectivity index (χ1v) is 9.88. The number of hydrogen-bond donors (Lipinski definition) is 2. The van der Waals surface area contributed by atoms with Crippen molar-refractivity contribution in [2.75, 3.05) is 6.54 Å². The molecule has 0 spiro atoms. The minimum atomic E-state index is -0.901. The van der Waals surface area contributed by atoms with Crippen molar-refractivity contribution in [2.24, 2.45) is 5.92 Å². The highest BCUT2D eigenvalue weighted by Gasteiger charge is 2.25. The molecule has 0 saturated heterocycles. The molecular weight excluding hydrogens is 348 g/mol. The van der Waals surface area contributed by atoms with Gasteiger partial charge in [-0.1, -0.05) is 43.2 Å². The third-order valence-corrected chi connectivity index (χ3v) is 6.23. The molecule has 1 aliphatic rings. The Bertz CT molecular complexity index is 767. The maximum Gasteiger partial charge on any atom is 0.308 e.